The van der Waals surface area contributed by atoms with E-state index in [1.54, 1.807) is 31.3 Å². The van der Waals surface area contributed by atoms with Crippen LogP contribution in [0.2, 0.25) is 0 Å². The molecule has 1 aliphatic rings. The molecule has 7 nitrogen and oxygen atoms in total. The van der Waals surface area contributed by atoms with Gasteiger partial charge in [0.2, 0.25) is 0 Å². The number of amides is 2. The number of likely N-dealkylation sites (tertiary alicyclic amines) is 1. The molecule has 2 aromatic rings. The summed E-state index contributed by atoms with van der Waals surface area (Å²) in [5.41, 5.74) is 1.89. The largest absolute Gasteiger partial charge is 0.464 e. The Kier molecular flexibility index (Phi) is 8.20. The van der Waals surface area contributed by atoms with E-state index in [-0.39, 0.29) is 24.5 Å². The lowest BCUT2D eigenvalue weighted by Crippen LogP contribution is -2.52. The minimum Gasteiger partial charge on any atom is -0.464 e. The maximum absolute atomic E-state index is 13.2. The molecule has 1 aromatic carbocycles. The first-order chi connectivity index (χ1) is 15.5. The van der Waals surface area contributed by atoms with Crippen molar-refractivity contribution in [1.82, 2.24) is 14.8 Å². The fourth-order valence-corrected chi connectivity index (χ4v) is 4.25. The Morgan fingerprint density at radius 2 is 1.94 bits per heavy atom. The predicted octanol–water partition coefficient (Wildman–Crippen LogP) is 3.63. The van der Waals surface area contributed by atoms with Crippen LogP contribution in [-0.2, 0) is 16.0 Å². The first-order valence-electron chi connectivity index (χ1n) is 11.1. The minimum absolute atomic E-state index is 0.170. The molecule has 1 unspecified atom stereocenters. The van der Waals surface area contributed by atoms with E-state index in [2.05, 4.69) is 11.1 Å². The van der Waals surface area contributed by atoms with Crippen molar-refractivity contribution in [1.29, 1.82) is 5.26 Å². The Morgan fingerprint density at radius 3 is 2.53 bits per heavy atom. The third-order valence-electron chi connectivity index (χ3n) is 6.06. The second-order valence-electron chi connectivity index (χ2n) is 8.07. The topological polar surface area (TPSA) is 86.5 Å². The molecule has 0 saturated carbocycles. The van der Waals surface area contributed by atoms with Gasteiger partial charge in [0.15, 0.2) is 0 Å². The predicted molar refractivity (Wildman–Crippen MR) is 121 cm³/mol. The maximum atomic E-state index is 13.2. The summed E-state index contributed by atoms with van der Waals surface area (Å²) in [6, 6.07) is 14.9. The van der Waals surface area contributed by atoms with Gasteiger partial charge in [-0.05, 0) is 42.9 Å². The van der Waals surface area contributed by atoms with Crippen LogP contribution in [0.15, 0.2) is 54.9 Å². The maximum Gasteiger partial charge on any atom is 0.329 e. The van der Waals surface area contributed by atoms with E-state index < -0.39 is 12.0 Å². The van der Waals surface area contributed by atoms with Gasteiger partial charge in [-0.1, -0.05) is 36.4 Å². The summed E-state index contributed by atoms with van der Waals surface area (Å²) in [5.74, 6) is -0.462. The normalized spacial score (nSPS) is 16.0. The van der Waals surface area contributed by atoms with Gasteiger partial charge in [0, 0.05) is 39.0 Å². The summed E-state index contributed by atoms with van der Waals surface area (Å²) in [5, 5.41) is 9.70. The van der Waals surface area contributed by atoms with Crippen LogP contribution in [0, 0.1) is 17.2 Å². The number of carbonyl (C=O) groups excluding carboxylic acids is 2. The third kappa shape index (κ3) is 5.64. The van der Waals surface area contributed by atoms with Crippen molar-refractivity contribution in [2.45, 2.75) is 38.1 Å². The highest BCUT2D eigenvalue weighted by molar-refractivity contribution is 5.84. The van der Waals surface area contributed by atoms with Gasteiger partial charge in [0.05, 0.1) is 18.6 Å². The number of carbonyl (C=O) groups is 2. The lowest BCUT2D eigenvalue weighted by Gasteiger charge is -2.37. The molecule has 2 atom stereocenters. The van der Waals surface area contributed by atoms with E-state index in [0.717, 1.165) is 24.0 Å². The number of urea groups is 1. The van der Waals surface area contributed by atoms with Crippen LogP contribution in [0.3, 0.4) is 0 Å². The van der Waals surface area contributed by atoms with Crippen molar-refractivity contribution in [3.63, 3.8) is 0 Å². The van der Waals surface area contributed by atoms with E-state index in [1.807, 2.05) is 42.5 Å². The van der Waals surface area contributed by atoms with Crippen LogP contribution >= 0.6 is 0 Å². The zero-order valence-corrected chi connectivity index (χ0v) is 18.7. The number of hydrogen-bond donors (Lipinski definition) is 0. The number of hydrogen-bond acceptors (Lipinski definition) is 5. The number of pyridine rings is 1. The molecule has 7 heteroatoms. The SMILES string of the molecule is CCOC(=O)[C@H](Cc1ccccc1)N(C)C(=O)N1CCC(C(C#N)c2cccnc2)CC1. The van der Waals surface area contributed by atoms with Gasteiger partial charge in [-0.3, -0.25) is 4.98 Å². The Morgan fingerprint density at radius 1 is 1.22 bits per heavy atom. The highest BCUT2D eigenvalue weighted by Crippen LogP contribution is 2.32. The molecule has 0 N–H and O–H groups in total. The standard InChI is InChI=1S/C25H30N4O3/c1-3-32-24(30)23(16-19-8-5-4-6-9-19)28(2)25(31)29-14-11-20(12-15-29)22(17-26)21-10-7-13-27-18-21/h4-10,13,18,20,22-23H,3,11-12,14-16H2,1-2H3/t22?,23-/m0/s1. The van der Waals surface area contributed by atoms with Crippen LogP contribution in [-0.4, -0.2) is 59.6 Å². The number of rotatable bonds is 7. The van der Waals surface area contributed by atoms with Gasteiger partial charge in [0.25, 0.3) is 0 Å². The first kappa shape index (κ1) is 23.3. The molecule has 1 aliphatic heterocycles. The second-order valence-corrected chi connectivity index (χ2v) is 8.07. The molecule has 32 heavy (non-hydrogen) atoms. The molecule has 0 radical (unpaired) electrons. The number of ether oxygens (including phenoxy) is 1. The average Bonchev–Trinajstić information content (AvgIpc) is 2.84. The van der Waals surface area contributed by atoms with Gasteiger partial charge < -0.3 is 14.5 Å². The molecule has 0 spiro atoms. The van der Waals surface area contributed by atoms with Crippen LogP contribution < -0.4 is 0 Å². The molecule has 1 fully saturated rings. The Hall–Kier alpha value is -3.40. The number of aromatic nitrogens is 1. The fraction of sp³-hybridized carbons (Fsp3) is 0.440. The number of nitriles is 1. The quantitative estimate of drug-likeness (QED) is 0.621. The van der Waals surface area contributed by atoms with Crippen LogP contribution in [0.1, 0.15) is 36.8 Å². The summed E-state index contributed by atoms with van der Waals surface area (Å²) < 4.78 is 5.25. The number of likely N-dealkylation sites (N-methyl/N-ethyl adjacent to an activating group) is 1. The lowest BCUT2D eigenvalue weighted by molar-refractivity contribution is -0.148. The average molecular weight is 435 g/mol. The molecule has 3 rings (SSSR count). The third-order valence-corrected chi connectivity index (χ3v) is 6.06. The van der Waals surface area contributed by atoms with Crippen LogP contribution in [0.25, 0.3) is 0 Å². The second kappa shape index (κ2) is 11.3. The highest BCUT2D eigenvalue weighted by atomic mass is 16.5. The lowest BCUT2D eigenvalue weighted by atomic mass is 9.81. The van der Waals surface area contributed by atoms with Gasteiger partial charge in [-0.25, -0.2) is 9.59 Å². The first-order valence-corrected chi connectivity index (χ1v) is 11.1. The number of nitrogens with zero attached hydrogens (tertiary/aromatic N) is 4. The van der Waals surface area contributed by atoms with Crippen molar-refractivity contribution >= 4 is 12.0 Å². The molecule has 0 bridgehead atoms. The molecule has 2 heterocycles. The summed E-state index contributed by atoms with van der Waals surface area (Å²) in [4.78, 5) is 33.3. The summed E-state index contributed by atoms with van der Waals surface area (Å²) in [7, 11) is 1.66. The monoisotopic (exact) mass is 434 g/mol. The molecule has 1 saturated heterocycles. The summed E-state index contributed by atoms with van der Waals surface area (Å²) >= 11 is 0. The number of piperidine rings is 1. The van der Waals surface area contributed by atoms with Gasteiger partial charge in [-0.2, -0.15) is 5.26 Å². The molecule has 0 aliphatic carbocycles. The van der Waals surface area contributed by atoms with E-state index in [4.69, 9.17) is 4.74 Å². The number of benzene rings is 1. The van der Waals surface area contributed by atoms with Crippen molar-refractivity contribution < 1.29 is 14.3 Å². The smallest absolute Gasteiger partial charge is 0.329 e. The minimum atomic E-state index is -0.690. The Bertz CT molecular complexity index is 921. The Labute approximate surface area is 189 Å². The van der Waals surface area contributed by atoms with Crippen LogP contribution in [0.4, 0.5) is 4.79 Å². The van der Waals surface area contributed by atoms with Crippen molar-refractivity contribution in [3.8, 4) is 6.07 Å². The van der Waals surface area contributed by atoms with Crippen LogP contribution in [0.5, 0.6) is 0 Å². The van der Waals surface area contributed by atoms with E-state index in [1.165, 1.54) is 4.90 Å². The number of esters is 1. The molecule has 2 amide bonds. The summed E-state index contributed by atoms with van der Waals surface area (Å²) in [6.07, 6.45) is 5.30. The molecule has 168 valence electrons. The molecule has 1 aromatic heterocycles. The van der Waals surface area contributed by atoms with Crippen molar-refractivity contribution in [2.24, 2.45) is 5.92 Å². The van der Waals surface area contributed by atoms with E-state index >= 15 is 0 Å². The van der Waals surface area contributed by atoms with Crippen molar-refractivity contribution in [2.75, 3.05) is 26.7 Å². The van der Waals surface area contributed by atoms with E-state index in [0.29, 0.717) is 19.5 Å². The van der Waals surface area contributed by atoms with Gasteiger partial charge >= 0.3 is 12.0 Å². The van der Waals surface area contributed by atoms with E-state index in [9.17, 15) is 14.9 Å². The molecular formula is C25H30N4O3. The highest BCUT2D eigenvalue weighted by Gasteiger charge is 2.34. The van der Waals surface area contributed by atoms with Crippen molar-refractivity contribution in [3.05, 3.63) is 66.0 Å². The fourth-order valence-electron chi connectivity index (χ4n) is 4.25. The van der Waals surface area contributed by atoms with Gasteiger partial charge in [-0.15, -0.1) is 0 Å². The Balaban J connectivity index is 1.65. The molecular weight excluding hydrogens is 404 g/mol. The zero-order valence-electron chi connectivity index (χ0n) is 18.7. The summed E-state index contributed by atoms with van der Waals surface area (Å²) in [6.45, 7) is 3.12. The zero-order chi connectivity index (χ0) is 22.9. The van der Waals surface area contributed by atoms with Gasteiger partial charge in [0.1, 0.15) is 6.04 Å².